The minimum absolute atomic E-state index is 0.141. The van der Waals surface area contributed by atoms with Gasteiger partial charge in [0.25, 0.3) is 5.91 Å². The topological polar surface area (TPSA) is 101 Å². The van der Waals surface area contributed by atoms with Gasteiger partial charge in [0.05, 0.1) is 11.3 Å². The number of nitrogens with one attached hydrogen (secondary N) is 2. The van der Waals surface area contributed by atoms with E-state index >= 15 is 0 Å². The third-order valence-electron chi connectivity index (χ3n) is 3.29. The molecule has 0 bridgehead atoms. The lowest BCUT2D eigenvalue weighted by Gasteiger charge is -2.11. The third-order valence-corrected chi connectivity index (χ3v) is 3.29. The summed E-state index contributed by atoms with van der Waals surface area (Å²) in [5.41, 5.74) is 7.08. The molecule has 118 valence electrons. The first-order valence-corrected chi connectivity index (χ1v) is 7.12. The molecule has 6 nitrogen and oxygen atoms in total. The molecule has 3 amide bonds. The Labute approximate surface area is 133 Å². The van der Waals surface area contributed by atoms with Crippen molar-refractivity contribution in [3.63, 3.8) is 0 Å². The lowest BCUT2D eigenvalue weighted by molar-refractivity contribution is -0.133. The van der Waals surface area contributed by atoms with E-state index in [1.165, 1.54) is 12.1 Å². The average molecular weight is 311 g/mol. The highest BCUT2D eigenvalue weighted by atomic mass is 16.2. The number of nitrogens with two attached hydrogens (primary N) is 1. The van der Waals surface area contributed by atoms with E-state index in [0.717, 1.165) is 12.0 Å². The Morgan fingerprint density at radius 2 is 1.39 bits per heavy atom. The van der Waals surface area contributed by atoms with Crippen LogP contribution in [0.1, 0.15) is 22.8 Å². The number of hydrogen-bond donors (Lipinski definition) is 3. The number of carbonyl (C=O) groups excluding carboxylic acids is 3. The molecule has 2 rings (SSSR count). The Balaban J connectivity index is 2.12. The van der Waals surface area contributed by atoms with E-state index in [4.69, 9.17) is 5.73 Å². The highest BCUT2D eigenvalue weighted by Crippen LogP contribution is 2.17. The van der Waals surface area contributed by atoms with Crippen LogP contribution in [0.3, 0.4) is 0 Å². The molecular weight excluding hydrogens is 294 g/mol. The maximum absolute atomic E-state index is 12.0. The molecule has 0 unspecified atom stereocenters. The van der Waals surface area contributed by atoms with Crippen LogP contribution in [0.2, 0.25) is 0 Å². The molecule has 0 aliphatic carbocycles. The van der Waals surface area contributed by atoms with Crippen molar-refractivity contribution in [2.24, 2.45) is 5.73 Å². The van der Waals surface area contributed by atoms with Crippen molar-refractivity contribution in [2.45, 2.75) is 13.3 Å². The Hall–Kier alpha value is -3.15. The monoisotopic (exact) mass is 311 g/mol. The molecule has 0 aliphatic heterocycles. The number of para-hydroxylation sites is 2. The SMILES string of the molecule is CCc1ccccc1NC(=O)C(=O)Nc1ccccc1C(N)=O. The smallest absolute Gasteiger partial charge is 0.314 e. The molecule has 0 saturated heterocycles. The van der Waals surface area contributed by atoms with Crippen molar-refractivity contribution in [1.82, 2.24) is 0 Å². The molecule has 0 aromatic heterocycles. The largest absolute Gasteiger partial charge is 0.366 e. The van der Waals surface area contributed by atoms with Gasteiger partial charge in [0.15, 0.2) is 0 Å². The summed E-state index contributed by atoms with van der Waals surface area (Å²) < 4.78 is 0. The Morgan fingerprint density at radius 1 is 0.870 bits per heavy atom. The second-order valence-electron chi connectivity index (χ2n) is 4.83. The molecule has 0 heterocycles. The Kier molecular flexibility index (Phi) is 5.09. The molecule has 0 fully saturated rings. The van der Waals surface area contributed by atoms with Gasteiger partial charge >= 0.3 is 11.8 Å². The van der Waals surface area contributed by atoms with Crippen LogP contribution < -0.4 is 16.4 Å². The zero-order chi connectivity index (χ0) is 16.8. The van der Waals surface area contributed by atoms with Gasteiger partial charge in [-0.3, -0.25) is 14.4 Å². The standard InChI is InChI=1S/C17H17N3O3/c1-2-11-7-3-5-9-13(11)19-16(22)17(23)20-14-10-6-4-8-12(14)15(18)21/h3-10H,2H2,1H3,(H2,18,21)(H,19,22)(H,20,23). The third kappa shape index (κ3) is 3.94. The van der Waals surface area contributed by atoms with Gasteiger partial charge in [0.1, 0.15) is 0 Å². The van der Waals surface area contributed by atoms with Crippen LogP contribution in [0.5, 0.6) is 0 Å². The van der Waals surface area contributed by atoms with Crippen molar-refractivity contribution in [1.29, 1.82) is 0 Å². The van der Waals surface area contributed by atoms with Gasteiger partial charge in [-0.05, 0) is 30.2 Å². The van der Waals surface area contributed by atoms with Crippen molar-refractivity contribution < 1.29 is 14.4 Å². The van der Waals surface area contributed by atoms with Gasteiger partial charge in [-0.2, -0.15) is 0 Å². The fourth-order valence-corrected chi connectivity index (χ4v) is 2.12. The first-order chi connectivity index (χ1) is 11.0. The summed E-state index contributed by atoms with van der Waals surface area (Å²) in [5, 5.41) is 4.96. The van der Waals surface area contributed by atoms with E-state index in [1.54, 1.807) is 24.3 Å². The predicted octanol–water partition coefficient (Wildman–Crippen LogP) is 1.93. The molecule has 6 heteroatoms. The number of aryl methyl sites for hydroxylation is 1. The van der Waals surface area contributed by atoms with E-state index in [0.29, 0.717) is 5.69 Å². The average Bonchev–Trinajstić information content (AvgIpc) is 2.55. The lowest BCUT2D eigenvalue weighted by Crippen LogP contribution is -2.30. The van der Waals surface area contributed by atoms with E-state index in [-0.39, 0.29) is 11.3 Å². The van der Waals surface area contributed by atoms with Crippen molar-refractivity contribution >= 4 is 29.1 Å². The summed E-state index contributed by atoms with van der Waals surface area (Å²) in [6.45, 7) is 1.95. The van der Waals surface area contributed by atoms with Crippen LogP contribution in [0.25, 0.3) is 0 Å². The first-order valence-electron chi connectivity index (χ1n) is 7.12. The molecule has 0 spiro atoms. The summed E-state index contributed by atoms with van der Waals surface area (Å²) in [5.74, 6) is -2.37. The number of amides is 3. The van der Waals surface area contributed by atoms with Crippen LogP contribution in [-0.2, 0) is 16.0 Å². The van der Waals surface area contributed by atoms with Gasteiger partial charge in [0, 0.05) is 5.69 Å². The molecule has 0 saturated carbocycles. The Bertz CT molecular complexity index is 756. The van der Waals surface area contributed by atoms with Gasteiger partial charge in [-0.15, -0.1) is 0 Å². The quantitative estimate of drug-likeness (QED) is 0.752. The Morgan fingerprint density at radius 3 is 2.00 bits per heavy atom. The molecule has 2 aromatic rings. The fraction of sp³-hybridized carbons (Fsp3) is 0.118. The van der Waals surface area contributed by atoms with Crippen molar-refractivity contribution in [2.75, 3.05) is 10.6 Å². The number of primary amides is 1. The molecule has 23 heavy (non-hydrogen) atoms. The van der Waals surface area contributed by atoms with Gasteiger partial charge in [-0.1, -0.05) is 37.3 Å². The molecular formula is C17H17N3O3. The second kappa shape index (κ2) is 7.22. The van der Waals surface area contributed by atoms with Gasteiger partial charge in [0.2, 0.25) is 0 Å². The normalized spacial score (nSPS) is 9.96. The lowest BCUT2D eigenvalue weighted by atomic mass is 10.1. The number of carbonyl (C=O) groups is 3. The maximum atomic E-state index is 12.0. The van der Waals surface area contributed by atoms with Gasteiger partial charge in [-0.25, -0.2) is 0 Å². The van der Waals surface area contributed by atoms with E-state index in [1.807, 2.05) is 19.1 Å². The number of hydrogen-bond acceptors (Lipinski definition) is 3. The number of benzene rings is 2. The van der Waals surface area contributed by atoms with E-state index in [2.05, 4.69) is 10.6 Å². The first kappa shape index (κ1) is 16.2. The highest BCUT2D eigenvalue weighted by Gasteiger charge is 2.17. The van der Waals surface area contributed by atoms with Crippen LogP contribution >= 0.6 is 0 Å². The summed E-state index contributed by atoms with van der Waals surface area (Å²) >= 11 is 0. The number of rotatable bonds is 4. The molecule has 0 atom stereocenters. The molecule has 4 N–H and O–H groups in total. The molecule has 2 aromatic carbocycles. The minimum atomic E-state index is -0.871. The van der Waals surface area contributed by atoms with E-state index < -0.39 is 17.7 Å². The zero-order valence-electron chi connectivity index (χ0n) is 12.6. The molecule has 0 aliphatic rings. The van der Waals surface area contributed by atoms with Gasteiger partial charge < -0.3 is 16.4 Å². The van der Waals surface area contributed by atoms with Crippen molar-refractivity contribution in [3.05, 3.63) is 59.7 Å². The molecule has 0 radical (unpaired) electrons. The fourth-order valence-electron chi connectivity index (χ4n) is 2.12. The zero-order valence-corrected chi connectivity index (χ0v) is 12.6. The number of anilines is 2. The second-order valence-corrected chi connectivity index (χ2v) is 4.83. The van der Waals surface area contributed by atoms with Crippen LogP contribution in [0, 0.1) is 0 Å². The van der Waals surface area contributed by atoms with Crippen LogP contribution in [0.15, 0.2) is 48.5 Å². The van der Waals surface area contributed by atoms with Crippen LogP contribution in [-0.4, -0.2) is 17.7 Å². The highest BCUT2D eigenvalue weighted by molar-refractivity contribution is 6.44. The minimum Gasteiger partial charge on any atom is -0.366 e. The predicted molar refractivity (Wildman–Crippen MR) is 88.0 cm³/mol. The van der Waals surface area contributed by atoms with Crippen molar-refractivity contribution in [3.8, 4) is 0 Å². The summed E-state index contributed by atoms with van der Waals surface area (Å²) in [6, 6.07) is 13.5. The van der Waals surface area contributed by atoms with E-state index in [9.17, 15) is 14.4 Å². The van der Waals surface area contributed by atoms with Crippen LogP contribution in [0.4, 0.5) is 11.4 Å². The summed E-state index contributed by atoms with van der Waals surface area (Å²) in [6.07, 6.45) is 0.725. The maximum Gasteiger partial charge on any atom is 0.314 e. The summed E-state index contributed by atoms with van der Waals surface area (Å²) in [4.78, 5) is 35.4. The summed E-state index contributed by atoms with van der Waals surface area (Å²) in [7, 11) is 0.